The first-order valence-corrected chi connectivity index (χ1v) is 9.49. The van der Waals surface area contributed by atoms with Crippen molar-refractivity contribution in [1.82, 2.24) is 10.3 Å². The average Bonchev–Trinajstić information content (AvgIpc) is 3.49. The number of carbonyl (C=O) groups is 1. The summed E-state index contributed by atoms with van der Waals surface area (Å²) < 4.78 is 14.6. The van der Waals surface area contributed by atoms with Crippen molar-refractivity contribution in [1.29, 1.82) is 5.26 Å². The molecular formula is C21H24FN5O2. The molecule has 1 aromatic carbocycles. The molecule has 2 atom stereocenters. The van der Waals surface area contributed by atoms with Crippen LogP contribution in [0, 0.1) is 36.9 Å². The van der Waals surface area contributed by atoms with Crippen LogP contribution >= 0.6 is 0 Å². The minimum atomic E-state index is -1.13. The molecule has 8 heteroatoms. The first-order chi connectivity index (χ1) is 13.8. The van der Waals surface area contributed by atoms with Crippen LogP contribution in [0.4, 0.5) is 26.5 Å². The monoisotopic (exact) mass is 397 g/mol. The summed E-state index contributed by atoms with van der Waals surface area (Å²) in [6.45, 7) is 5.72. The zero-order valence-corrected chi connectivity index (χ0v) is 16.6. The number of halogens is 1. The van der Waals surface area contributed by atoms with Crippen LogP contribution in [-0.2, 0) is 0 Å². The van der Waals surface area contributed by atoms with Crippen molar-refractivity contribution < 1.29 is 14.3 Å². The molecule has 1 aromatic heterocycles. The second-order valence-corrected chi connectivity index (χ2v) is 7.50. The summed E-state index contributed by atoms with van der Waals surface area (Å²) in [7, 11) is 0. The maximum atomic E-state index is 14.6. The van der Waals surface area contributed by atoms with Crippen LogP contribution in [0.25, 0.3) is 0 Å². The third-order valence-corrected chi connectivity index (χ3v) is 5.19. The maximum absolute atomic E-state index is 14.6. The van der Waals surface area contributed by atoms with Crippen LogP contribution in [0.3, 0.4) is 0 Å². The number of aromatic nitrogens is 1. The second-order valence-electron chi connectivity index (χ2n) is 7.50. The van der Waals surface area contributed by atoms with Gasteiger partial charge in [-0.1, -0.05) is 6.07 Å². The topological polar surface area (TPSA) is 110 Å². The van der Waals surface area contributed by atoms with E-state index in [0.717, 1.165) is 35.7 Å². The third kappa shape index (κ3) is 4.93. The number of benzene rings is 1. The Morgan fingerprint density at radius 3 is 2.59 bits per heavy atom. The summed E-state index contributed by atoms with van der Waals surface area (Å²) in [5.74, 6) is -0.176. The summed E-state index contributed by atoms with van der Waals surface area (Å²) in [5.41, 5.74) is 3.05. The standard InChI is InChI=1S/C21H24FN5O2/c1-11-4-7-16(8-12(11)2)25-19-15(10-23)9-17(22)20(27-19)26-18(14-5-6-14)13(3)24-21(28)29/h4,7-9,13-14,18,24H,5-6H2,1-3H3,(H,28,29)(H2,25,26,27)/t13-,18+/m0/s1. The van der Waals surface area contributed by atoms with Gasteiger partial charge in [0.2, 0.25) is 0 Å². The fourth-order valence-electron chi connectivity index (χ4n) is 3.28. The molecule has 152 valence electrons. The zero-order chi connectivity index (χ0) is 21.1. The van der Waals surface area contributed by atoms with Gasteiger partial charge in [0.15, 0.2) is 17.5 Å². The Balaban J connectivity index is 1.89. The molecule has 1 saturated carbocycles. The Kier molecular flexibility index (Phi) is 5.87. The van der Waals surface area contributed by atoms with Gasteiger partial charge < -0.3 is 21.1 Å². The minimum absolute atomic E-state index is 0.00808. The lowest BCUT2D eigenvalue weighted by atomic mass is 10.0. The van der Waals surface area contributed by atoms with E-state index in [9.17, 15) is 14.4 Å². The number of anilines is 3. The fourth-order valence-corrected chi connectivity index (χ4v) is 3.28. The summed E-state index contributed by atoms with van der Waals surface area (Å²) in [6, 6.07) is 8.13. The van der Waals surface area contributed by atoms with Gasteiger partial charge in [-0.15, -0.1) is 0 Å². The van der Waals surface area contributed by atoms with Crippen molar-refractivity contribution in [2.24, 2.45) is 5.92 Å². The number of hydrogen-bond acceptors (Lipinski definition) is 5. The molecule has 2 aromatic rings. The molecule has 29 heavy (non-hydrogen) atoms. The summed E-state index contributed by atoms with van der Waals surface area (Å²) in [5, 5.41) is 27.0. The van der Waals surface area contributed by atoms with Crippen LogP contribution in [0.5, 0.6) is 0 Å². The molecule has 1 heterocycles. The van der Waals surface area contributed by atoms with Gasteiger partial charge in [0.25, 0.3) is 0 Å². The van der Waals surface area contributed by atoms with Crippen molar-refractivity contribution in [3.63, 3.8) is 0 Å². The number of carboxylic acid groups (broad SMARTS) is 1. The van der Waals surface area contributed by atoms with Gasteiger partial charge in [-0.25, -0.2) is 14.2 Å². The first kappa shape index (κ1) is 20.4. The quantitative estimate of drug-likeness (QED) is 0.554. The van der Waals surface area contributed by atoms with Gasteiger partial charge in [-0.3, -0.25) is 0 Å². The first-order valence-electron chi connectivity index (χ1n) is 9.49. The van der Waals surface area contributed by atoms with E-state index in [4.69, 9.17) is 5.11 Å². The van der Waals surface area contributed by atoms with Crippen LogP contribution in [-0.4, -0.2) is 28.3 Å². The number of rotatable bonds is 7. The van der Waals surface area contributed by atoms with Gasteiger partial charge in [0.1, 0.15) is 6.07 Å². The summed E-state index contributed by atoms with van der Waals surface area (Å²) >= 11 is 0. The second kappa shape index (κ2) is 8.35. The highest BCUT2D eigenvalue weighted by Gasteiger charge is 2.36. The minimum Gasteiger partial charge on any atom is -0.465 e. The normalized spacial score (nSPS) is 15.1. The van der Waals surface area contributed by atoms with E-state index in [2.05, 4.69) is 20.9 Å². The van der Waals surface area contributed by atoms with E-state index in [-0.39, 0.29) is 29.2 Å². The van der Waals surface area contributed by atoms with Gasteiger partial charge in [-0.2, -0.15) is 5.26 Å². The van der Waals surface area contributed by atoms with Crippen molar-refractivity contribution in [3.8, 4) is 6.07 Å². The Morgan fingerprint density at radius 2 is 2.00 bits per heavy atom. The Bertz CT molecular complexity index is 968. The number of nitrogens with zero attached hydrogens (tertiary/aromatic N) is 2. The Hall–Kier alpha value is -3.34. The molecule has 1 aliphatic rings. The highest BCUT2D eigenvalue weighted by atomic mass is 19.1. The molecule has 1 amide bonds. The van der Waals surface area contributed by atoms with Crippen LogP contribution < -0.4 is 16.0 Å². The van der Waals surface area contributed by atoms with Crippen LogP contribution in [0.15, 0.2) is 24.3 Å². The van der Waals surface area contributed by atoms with E-state index in [1.54, 1.807) is 6.92 Å². The lowest BCUT2D eigenvalue weighted by Gasteiger charge is -2.26. The molecular weight excluding hydrogens is 373 g/mol. The summed E-state index contributed by atoms with van der Waals surface area (Å²) in [6.07, 6.45) is 0.750. The highest BCUT2D eigenvalue weighted by Crippen LogP contribution is 2.36. The molecule has 7 nitrogen and oxygen atoms in total. The van der Waals surface area contributed by atoms with Gasteiger partial charge >= 0.3 is 6.09 Å². The lowest BCUT2D eigenvalue weighted by molar-refractivity contribution is 0.188. The van der Waals surface area contributed by atoms with E-state index < -0.39 is 18.0 Å². The number of pyridine rings is 1. The predicted octanol–water partition coefficient (Wildman–Crippen LogP) is 4.30. The average molecular weight is 397 g/mol. The van der Waals surface area contributed by atoms with Crippen molar-refractivity contribution >= 4 is 23.4 Å². The largest absolute Gasteiger partial charge is 0.465 e. The maximum Gasteiger partial charge on any atom is 0.404 e. The molecule has 0 spiro atoms. The van der Waals surface area contributed by atoms with Gasteiger partial charge in [0.05, 0.1) is 11.6 Å². The SMILES string of the molecule is Cc1ccc(Nc2nc(N[C@@H](C3CC3)[C@H](C)NC(=O)O)c(F)cc2C#N)cc1C. The molecule has 0 radical (unpaired) electrons. The molecule has 0 bridgehead atoms. The molecule has 0 aliphatic heterocycles. The highest BCUT2D eigenvalue weighted by molar-refractivity contribution is 5.67. The number of nitrogens with one attached hydrogen (secondary N) is 3. The molecule has 0 saturated heterocycles. The van der Waals surface area contributed by atoms with Crippen LogP contribution in [0.1, 0.15) is 36.5 Å². The van der Waals surface area contributed by atoms with E-state index in [0.29, 0.717) is 0 Å². The fraction of sp³-hybridized carbons (Fsp3) is 0.381. The predicted molar refractivity (Wildman–Crippen MR) is 109 cm³/mol. The van der Waals surface area contributed by atoms with Crippen molar-refractivity contribution in [2.75, 3.05) is 10.6 Å². The van der Waals surface area contributed by atoms with Crippen molar-refractivity contribution in [2.45, 2.75) is 45.7 Å². The van der Waals surface area contributed by atoms with E-state index in [1.807, 2.05) is 38.1 Å². The Morgan fingerprint density at radius 1 is 1.28 bits per heavy atom. The van der Waals surface area contributed by atoms with E-state index >= 15 is 0 Å². The molecule has 1 aliphatic carbocycles. The molecule has 1 fully saturated rings. The molecule has 0 unspecified atom stereocenters. The number of nitriles is 1. The lowest BCUT2D eigenvalue weighted by Crippen LogP contribution is -2.45. The molecule has 4 N–H and O–H groups in total. The summed E-state index contributed by atoms with van der Waals surface area (Å²) in [4.78, 5) is 15.3. The number of hydrogen-bond donors (Lipinski definition) is 4. The van der Waals surface area contributed by atoms with E-state index in [1.165, 1.54) is 0 Å². The third-order valence-electron chi connectivity index (χ3n) is 5.19. The number of amides is 1. The Labute approximate surface area is 169 Å². The number of aryl methyl sites for hydroxylation is 2. The van der Waals surface area contributed by atoms with Gasteiger partial charge in [0, 0.05) is 11.7 Å². The van der Waals surface area contributed by atoms with Crippen LogP contribution in [0.2, 0.25) is 0 Å². The zero-order valence-electron chi connectivity index (χ0n) is 16.6. The van der Waals surface area contributed by atoms with Crippen molar-refractivity contribution in [3.05, 3.63) is 46.8 Å². The smallest absolute Gasteiger partial charge is 0.404 e. The molecule has 3 rings (SSSR count). The van der Waals surface area contributed by atoms with Gasteiger partial charge in [-0.05, 0) is 68.9 Å².